The Hall–Kier alpha value is 1.45. The van der Waals surface area contributed by atoms with Gasteiger partial charge in [0.25, 0.3) is 0 Å². The fourth-order valence-electron chi connectivity index (χ4n) is 0.503. The van der Waals surface area contributed by atoms with E-state index in [1.165, 1.54) is 12.8 Å². The molecule has 0 saturated heterocycles. The van der Waals surface area contributed by atoms with Crippen LogP contribution in [-0.2, 0) is 0 Å². The highest BCUT2D eigenvalue weighted by Gasteiger charge is 1.98. The van der Waals surface area contributed by atoms with Crippen LogP contribution in [0.25, 0.3) is 0 Å². The first kappa shape index (κ1) is 15.9. The van der Waals surface area contributed by atoms with Gasteiger partial charge in [-0.05, 0) is 6.42 Å². The van der Waals surface area contributed by atoms with Gasteiger partial charge in [-0.15, -0.1) is 23.2 Å². The first-order valence-corrected chi connectivity index (χ1v) is 5.94. The van der Waals surface area contributed by atoms with E-state index in [0.29, 0.717) is 5.88 Å². The molecule has 12 heavy (non-hydrogen) atoms. The molecule has 0 aromatic rings. The van der Waals surface area contributed by atoms with Crippen LogP contribution in [0.15, 0.2) is 0 Å². The Balaban J connectivity index is 0. The third-order valence-corrected chi connectivity index (χ3v) is 1.94. The van der Waals surface area contributed by atoms with Gasteiger partial charge in [-0.25, -0.2) is 0 Å². The number of rotatable bonds is 4. The molecule has 5 heteroatoms. The molecule has 0 heterocycles. The minimum Gasteiger partial charge on any atom is -0.125 e. The number of unbranched alkanes of at least 4 members (excludes halogenated alkanes) is 1. The monoisotopic (exact) mass is 272 g/mol. The quantitative estimate of drug-likeness (QED) is 0.632. The van der Waals surface area contributed by atoms with Crippen LogP contribution in [0, 0.1) is 0 Å². The SMILES string of the molecule is CCCCC(Cl)CCl.ClC(Cl)Cl. The second-order valence-corrected chi connectivity index (χ2v) is 5.05. The smallest absolute Gasteiger partial charge is 0.125 e. The van der Waals surface area contributed by atoms with Crippen LogP contribution in [0.2, 0.25) is 0 Å². The average molecular weight is 274 g/mol. The molecule has 0 spiro atoms. The second kappa shape index (κ2) is 12.4. The lowest BCUT2D eigenvalue weighted by Gasteiger charge is -2.00. The van der Waals surface area contributed by atoms with Crippen molar-refractivity contribution in [2.75, 3.05) is 5.88 Å². The number of hydrogen-bond acceptors (Lipinski definition) is 0. The fraction of sp³-hybridized carbons (Fsp3) is 1.00. The van der Waals surface area contributed by atoms with Gasteiger partial charge >= 0.3 is 0 Å². The number of halogens is 5. The molecule has 0 aromatic heterocycles. The Morgan fingerprint density at radius 1 is 1.08 bits per heavy atom. The summed E-state index contributed by atoms with van der Waals surface area (Å²) in [6.45, 7) is 2.15. The summed E-state index contributed by atoms with van der Waals surface area (Å²) in [7, 11) is 0. The van der Waals surface area contributed by atoms with E-state index in [0.717, 1.165) is 6.42 Å². The first-order chi connectivity index (χ1) is 5.54. The Bertz CT molecular complexity index is 73.4. The van der Waals surface area contributed by atoms with Crippen molar-refractivity contribution in [1.82, 2.24) is 0 Å². The van der Waals surface area contributed by atoms with E-state index < -0.39 is 4.30 Å². The first-order valence-electron chi connectivity index (χ1n) is 3.66. The van der Waals surface area contributed by atoms with Crippen LogP contribution in [-0.4, -0.2) is 15.6 Å². The van der Waals surface area contributed by atoms with Gasteiger partial charge in [-0.3, -0.25) is 0 Å². The van der Waals surface area contributed by atoms with E-state index in [9.17, 15) is 0 Å². The maximum Gasteiger partial charge on any atom is 0.180 e. The van der Waals surface area contributed by atoms with Crippen LogP contribution in [0.3, 0.4) is 0 Å². The highest BCUT2D eigenvalue weighted by Crippen LogP contribution is 2.08. The molecule has 0 rings (SSSR count). The molecular weight excluding hydrogens is 261 g/mol. The highest BCUT2D eigenvalue weighted by molar-refractivity contribution is 6.63. The lowest BCUT2D eigenvalue weighted by Crippen LogP contribution is -1.98. The highest BCUT2D eigenvalue weighted by atomic mass is 35.6. The molecule has 0 amide bonds. The Morgan fingerprint density at radius 2 is 1.50 bits per heavy atom. The van der Waals surface area contributed by atoms with Crippen LogP contribution >= 0.6 is 58.0 Å². The summed E-state index contributed by atoms with van der Waals surface area (Å²) in [6.07, 6.45) is 3.46. The maximum absolute atomic E-state index is 5.71. The van der Waals surface area contributed by atoms with E-state index in [-0.39, 0.29) is 5.38 Å². The molecule has 76 valence electrons. The molecule has 1 unspecified atom stereocenters. The van der Waals surface area contributed by atoms with Crippen LogP contribution in [0.5, 0.6) is 0 Å². The summed E-state index contributed by atoms with van der Waals surface area (Å²) in [5, 5.41) is 0.191. The van der Waals surface area contributed by atoms with Crippen LogP contribution in [0.4, 0.5) is 0 Å². The van der Waals surface area contributed by atoms with Crippen molar-refractivity contribution in [2.24, 2.45) is 0 Å². The van der Waals surface area contributed by atoms with Gasteiger partial charge in [0, 0.05) is 11.3 Å². The fourth-order valence-corrected chi connectivity index (χ4v) is 0.811. The lowest BCUT2D eigenvalue weighted by atomic mass is 10.2. The van der Waals surface area contributed by atoms with Gasteiger partial charge in [0.1, 0.15) is 0 Å². The largest absolute Gasteiger partial charge is 0.180 e. The molecule has 0 saturated carbocycles. The summed E-state index contributed by atoms with van der Waals surface area (Å²) in [6, 6.07) is 0. The molecule has 1 atom stereocenters. The predicted molar refractivity (Wildman–Crippen MR) is 61.2 cm³/mol. The minimum absolute atomic E-state index is 0.191. The molecule has 0 aliphatic heterocycles. The van der Waals surface area contributed by atoms with Gasteiger partial charge in [0.15, 0.2) is 4.30 Å². The standard InChI is InChI=1S/C6H12Cl2.CHCl3/c1-2-3-4-6(8)5-7;2-1(3)4/h6H,2-5H2,1H3;1H. The van der Waals surface area contributed by atoms with Gasteiger partial charge in [-0.2, -0.15) is 0 Å². The Kier molecular flexibility index (Phi) is 16.5. The molecule has 0 radical (unpaired) electrons. The predicted octanol–water partition coefficient (Wildman–Crippen LogP) is 5.01. The zero-order valence-electron chi connectivity index (χ0n) is 6.87. The Morgan fingerprint density at radius 3 is 1.75 bits per heavy atom. The molecule has 0 aromatic carbocycles. The normalized spacial score (nSPS) is 12.2. The van der Waals surface area contributed by atoms with E-state index in [1.807, 2.05) is 0 Å². The van der Waals surface area contributed by atoms with Crippen molar-refractivity contribution >= 4 is 58.0 Å². The van der Waals surface area contributed by atoms with Crippen molar-refractivity contribution in [3.8, 4) is 0 Å². The van der Waals surface area contributed by atoms with Crippen LogP contribution < -0.4 is 0 Å². The summed E-state index contributed by atoms with van der Waals surface area (Å²) in [4.78, 5) is 0. The lowest BCUT2D eigenvalue weighted by molar-refractivity contribution is 0.710. The molecule has 0 bridgehead atoms. The van der Waals surface area contributed by atoms with E-state index in [2.05, 4.69) is 6.92 Å². The second-order valence-electron chi connectivity index (χ2n) is 2.14. The summed E-state index contributed by atoms with van der Waals surface area (Å²) >= 11 is 25.6. The van der Waals surface area contributed by atoms with E-state index in [4.69, 9.17) is 58.0 Å². The van der Waals surface area contributed by atoms with Crippen molar-refractivity contribution in [2.45, 2.75) is 35.9 Å². The third kappa shape index (κ3) is 22.5. The van der Waals surface area contributed by atoms with E-state index >= 15 is 0 Å². The van der Waals surface area contributed by atoms with Crippen LogP contribution in [0.1, 0.15) is 26.2 Å². The third-order valence-electron chi connectivity index (χ3n) is 1.04. The molecule has 0 fully saturated rings. The number of alkyl halides is 5. The average Bonchev–Trinajstić information content (AvgIpc) is 1.99. The van der Waals surface area contributed by atoms with Crippen molar-refractivity contribution in [1.29, 1.82) is 0 Å². The van der Waals surface area contributed by atoms with Gasteiger partial charge in [-0.1, -0.05) is 54.6 Å². The van der Waals surface area contributed by atoms with Crippen molar-refractivity contribution < 1.29 is 0 Å². The van der Waals surface area contributed by atoms with Crippen molar-refractivity contribution in [3.05, 3.63) is 0 Å². The van der Waals surface area contributed by atoms with E-state index in [1.54, 1.807) is 0 Å². The van der Waals surface area contributed by atoms with Gasteiger partial charge in [0.2, 0.25) is 0 Å². The summed E-state index contributed by atoms with van der Waals surface area (Å²) in [5.74, 6) is 0.585. The maximum atomic E-state index is 5.71. The van der Waals surface area contributed by atoms with Crippen molar-refractivity contribution in [3.63, 3.8) is 0 Å². The number of hydrogen-bond donors (Lipinski definition) is 0. The zero-order chi connectivity index (χ0) is 9.98. The molecule has 0 N–H and O–H groups in total. The zero-order valence-corrected chi connectivity index (χ0v) is 10.7. The summed E-state index contributed by atoms with van der Waals surface area (Å²) in [5.41, 5.74) is 0. The molecule has 0 aliphatic carbocycles. The topological polar surface area (TPSA) is 0 Å². The molecule has 0 aliphatic rings. The van der Waals surface area contributed by atoms with Gasteiger partial charge < -0.3 is 0 Å². The Labute approximate surface area is 99.5 Å². The minimum atomic E-state index is -0.750. The molecule has 0 nitrogen and oxygen atoms in total. The molecular formula is C7H13Cl5. The summed E-state index contributed by atoms with van der Waals surface area (Å²) < 4.78 is -0.750. The van der Waals surface area contributed by atoms with Gasteiger partial charge in [0.05, 0.1) is 0 Å².